The standard InChI is InChI=1S/C3H6N4O2/c4-3(8)9-2-1-6-7-5/h1-2H2,(H2,4,8). The van der Waals surface area contributed by atoms with Crippen LogP contribution in [0.3, 0.4) is 0 Å². The third-order valence-corrected chi connectivity index (χ3v) is 0.499. The van der Waals surface area contributed by atoms with Crippen molar-refractivity contribution in [2.45, 2.75) is 0 Å². The summed E-state index contributed by atoms with van der Waals surface area (Å²) >= 11 is 0. The van der Waals surface area contributed by atoms with Crippen LogP contribution in [0.4, 0.5) is 4.79 Å². The summed E-state index contributed by atoms with van der Waals surface area (Å²) in [6.07, 6.45) is -0.858. The minimum atomic E-state index is -0.858. The van der Waals surface area contributed by atoms with Gasteiger partial charge in [-0.1, -0.05) is 5.11 Å². The van der Waals surface area contributed by atoms with Crippen LogP contribution in [0.1, 0.15) is 0 Å². The molecule has 2 N–H and O–H groups in total. The molecule has 0 rings (SSSR count). The smallest absolute Gasteiger partial charge is 0.404 e. The van der Waals surface area contributed by atoms with E-state index in [1.165, 1.54) is 0 Å². The largest absolute Gasteiger partial charge is 0.450 e. The molecule has 6 heteroatoms. The number of nitrogens with zero attached hydrogens (tertiary/aromatic N) is 3. The minimum Gasteiger partial charge on any atom is -0.450 e. The van der Waals surface area contributed by atoms with E-state index in [2.05, 4.69) is 20.5 Å². The molecule has 6 nitrogen and oxygen atoms in total. The van der Waals surface area contributed by atoms with E-state index < -0.39 is 6.09 Å². The number of carbonyl (C=O) groups is 1. The van der Waals surface area contributed by atoms with Crippen molar-refractivity contribution in [2.75, 3.05) is 13.2 Å². The predicted octanol–water partition coefficient (Wildman–Crippen LogP) is 0.392. The van der Waals surface area contributed by atoms with Gasteiger partial charge in [0.05, 0.1) is 13.2 Å². The van der Waals surface area contributed by atoms with Crippen LogP contribution >= 0.6 is 0 Å². The first-order valence-corrected chi connectivity index (χ1v) is 2.20. The predicted molar refractivity (Wildman–Crippen MR) is 29.5 cm³/mol. The summed E-state index contributed by atoms with van der Waals surface area (Å²) in [5, 5.41) is 3.09. The lowest BCUT2D eigenvalue weighted by Crippen LogP contribution is -2.14. The van der Waals surface area contributed by atoms with Crippen LogP contribution in [0.5, 0.6) is 0 Å². The highest BCUT2D eigenvalue weighted by molar-refractivity contribution is 5.64. The first-order chi connectivity index (χ1) is 4.27. The van der Waals surface area contributed by atoms with Crippen LogP contribution in [-0.4, -0.2) is 19.2 Å². The average molecular weight is 130 g/mol. The van der Waals surface area contributed by atoms with Gasteiger partial charge in [-0.05, 0) is 5.53 Å². The number of amides is 1. The number of ether oxygens (including phenoxy) is 1. The lowest BCUT2D eigenvalue weighted by molar-refractivity contribution is 0.160. The summed E-state index contributed by atoms with van der Waals surface area (Å²) in [4.78, 5) is 12.3. The molecule has 50 valence electrons. The molecule has 0 unspecified atom stereocenters. The van der Waals surface area contributed by atoms with Crippen molar-refractivity contribution in [3.05, 3.63) is 10.4 Å². The van der Waals surface area contributed by atoms with E-state index in [4.69, 9.17) is 5.53 Å². The molecule has 0 saturated heterocycles. The quantitative estimate of drug-likeness (QED) is 0.258. The van der Waals surface area contributed by atoms with E-state index >= 15 is 0 Å². The maximum Gasteiger partial charge on any atom is 0.404 e. The fraction of sp³-hybridized carbons (Fsp3) is 0.667. The first kappa shape index (κ1) is 7.58. The van der Waals surface area contributed by atoms with Crippen molar-refractivity contribution in [1.82, 2.24) is 0 Å². The van der Waals surface area contributed by atoms with Gasteiger partial charge in [-0.3, -0.25) is 0 Å². The van der Waals surface area contributed by atoms with Gasteiger partial charge in [0.15, 0.2) is 0 Å². The van der Waals surface area contributed by atoms with Crippen molar-refractivity contribution in [3.8, 4) is 0 Å². The Balaban J connectivity index is 3.10. The molecular formula is C3H6N4O2. The number of primary amides is 1. The molecule has 0 fully saturated rings. The second-order valence-electron chi connectivity index (χ2n) is 1.12. The van der Waals surface area contributed by atoms with Crippen LogP contribution in [0.25, 0.3) is 10.4 Å². The van der Waals surface area contributed by atoms with Gasteiger partial charge in [-0.15, -0.1) is 0 Å². The zero-order valence-corrected chi connectivity index (χ0v) is 4.65. The fourth-order valence-corrected chi connectivity index (χ4v) is 0.232. The molecule has 0 aliphatic rings. The number of azide groups is 1. The van der Waals surface area contributed by atoms with Crippen molar-refractivity contribution >= 4 is 6.09 Å². The van der Waals surface area contributed by atoms with Crippen molar-refractivity contribution in [1.29, 1.82) is 0 Å². The molecular weight excluding hydrogens is 124 g/mol. The Kier molecular flexibility index (Phi) is 3.99. The Labute approximate surface area is 51.2 Å². The molecule has 0 heterocycles. The fourth-order valence-electron chi connectivity index (χ4n) is 0.232. The topological polar surface area (TPSA) is 101 Å². The summed E-state index contributed by atoms with van der Waals surface area (Å²) in [6, 6.07) is 0. The molecule has 0 aliphatic heterocycles. The molecule has 0 aromatic heterocycles. The highest BCUT2D eigenvalue weighted by atomic mass is 16.5. The molecule has 0 aromatic rings. The van der Waals surface area contributed by atoms with Gasteiger partial charge in [-0.2, -0.15) is 0 Å². The highest BCUT2D eigenvalue weighted by Gasteiger charge is 1.88. The summed E-state index contributed by atoms with van der Waals surface area (Å²) in [6.45, 7) is 0.166. The monoisotopic (exact) mass is 130 g/mol. The Morgan fingerprint density at radius 3 is 3.00 bits per heavy atom. The summed E-state index contributed by atoms with van der Waals surface area (Å²) in [5.41, 5.74) is 12.3. The first-order valence-electron chi connectivity index (χ1n) is 2.20. The van der Waals surface area contributed by atoms with Crippen molar-refractivity contribution < 1.29 is 9.53 Å². The van der Waals surface area contributed by atoms with Crippen LogP contribution in [0.2, 0.25) is 0 Å². The second kappa shape index (κ2) is 4.73. The molecule has 0 aliphatic carbocycles. The highest BCUT2D eigenvalue weighted by Crippen LogP contribution is 1.75. The van der Waals surface area contributed by atoms with E-state index in [9.17, 15) is 4.79 Å². The number of carbonyl (C=O) groups excluding carboxylic acids is 1. The van der Waals surface area contributed by atoms with E-state index in [0.717, 1.165) is 0 Å². The second-order valence-corrected chi connectivity index (χ2v) is 1.12. The molecule has 0 saturated carbocycles. The molecule has 0 spiro atoms. The molecule has 0 bridgehead atoms. The van der Waals surface area contributed by atoms with Crippen LogP contribution < -0.4 is 5.73 Å². The van der Waals surface area contributed by atoms with Gasteiger partial charge in [0.25, 0.3) is 0 Å². The van der Waals surface area contributed by atoms with Gasteiger partial charge >= 0.3 is 6.09 Å². The molecule has 0 atom stereocenters. The zero-order chi connectivity index (χ0) is 7.11. The third kappa shape index (κ3) is 6.58. The minimum absolute atomic E-state index is 0.0411. The van der Waals surface area contributed by atoms with Gasteiger partial charge < -0.3 is 10.5 Å². The van der Waals surface area contributed by atoms with Gasteiger partial charge in [-0.25, -0.2) is 4.79 Å². The van der Waals surface area contributed by atoms with Gasteiger partial charge in [0.1, 0.15) is 0 Å². The Morgan fingerprint density at radius 2 is 2.56 bits per heavy atom. The third-order valence-electron chi connectivity index (χ3n) is 0.499. The average Bonchev–Trinajstić information content (AvgIpc) is 1.80. The van der Waals surface area contributed by atoms with E-state index in [0.29, 0.717) is 0 Å². The molecule has 9 heavy (non-hydrogen) atoms. The number of nitrogens with two attached hydrogens (primary N) is 1. The number of rotatable bonds is 3. The molecule has 0 aromatic carbocycles. The Morgan fingerprint density at radius 1 is 1.89 bits per heavy atom. The zero-order valence-electron chi connectivity index (χ0n) is 4.65. The van der Waals surface area contributed by atoms with E-state index in [1.807, 2.05) is 0 Å². The van der Waals surface area contributed by atoms with Gasteiger partial charge in [0, 0.05) is 4.91 Å². The van der Waals surface area contributed by atoms with E-state index in [-0.39, 0.29) is 13.2 Å². The Hall–Kier alpha value is -1.42. The van der Waals surface area contributed by atoms with Crippen molar-refractivity contribution in [3.63, 3.8) is 0 Å². The van der Waals surface area contributed by atoms with Crippen LogP contribution in [0.15, 0.2) is 5.11 Å². The molecule has 1 amide bonds. The van der Waals surface area contributed by atoms with Crippen LogP contribution in [0, 0.1) is 0 Å². The summed E-state index contributed by atoms with van der Waals surface area (Å²) < 4.78 is 4.22. The maximum atomic E-state index is 9.83. The summed E-state index contributed by atoms with van der Waals surface area (Å²) in [5.74, 6) is 0. The van der Waals surface area contributed by atoms with Crippen LogP contribution in [-0.2, 0) is 4.74 Å². The van der Waals surface area contributed by atoms with Crippen molar-refractivity contribution in [2.24, 2.45) is 10.8 Å². The maximum absolute atomic E-state index is 9.83. The molecule has 0 radical (unpaired) electrons. The lowest BCUT2D eigenvalue weighted by atomic mass is 10.7. The number of hydrogen-bond donors (Lipinski definition) is 1. The van der Waals surface area contributed by atoms with E-state index in [1.54, 1.807) is 0 Å². The lowest BCUT2D eigenvalue weighted by Gasteiger charge is -1.93. The van der Waals surface area contributed by atoms with Gasteiger partial charge in [0.2, 0.25) is 0 Å². The SMILES string of the molecule is [N-]=[N+]=NCCOC(N)=O. The number of hydrogen-bond acceptors (Lipinski definition) is 3. The normalized spacial score (nSPS) is 7.56. The Bertz CT molecular complexity index is 137. The summed E-state index contributed by atoms with van der Waals surface area (Å²) in [7, 11) is 0.